The number of aromatic nitrogens is 1. The van der Waals surface area contributed by atoms with Gasteiger partial charge in [-0.1, -0.05) is 30.3 Å². The molecule has 0 spiro atoms. The van der Waals surface area contributed by atoms with Gasteiger partial charge in [-0.2, -0.15) is 0 Å². The number of carbonyl (C=O) groups excluding carboxylic acids is 1. The van der Waals surface area contributed by atoms with Crippen molar-refractivity contribution in [1.82, 2.24) is 10.3 Å². The van der Waals surface area contributed by atoms with Crippen LogP contribution in [-0.2, 0) is 11.2 Å². The summed E-state index contributed by atoms with van der Waals surface area (Å²) in [7, 11) is 0. The monoisotopic (exact) mass is 326 g/mol. The highest BCUT2D eigenvalue weighted by molar-refractivity contribution is 7.18. The number of benzene rings is 2. The minimum Gasteiger partial charge on any atom is -0.484 e. The standard InChI is InChI=1S/C18H18N2O2S/c21-17(13-22-14-7-2-1-3-8-14)19-12-6-11-18-20-15-9-4-5-10-16(15)23-18/h1-5,7-10H,6,11-13H2,(H,19,21). The Labute approximate surface area is 139 Å². The lowest BCUT2D eigenvalue weighted by Crippen LogP contribution is -2.29. The molecule has 0 unspecified atom stereocenters. The Hall–Kier alpha value is -2.40. The normalized spacial score (nSPS) is 10.6. The summed E-state index contributed by atoms with van der Waals surface area (Å²) in [5, 5.41) is 3.98. The fourth-order valence-electron chi connectivity index (χ4n) is 2.21. The molecule has 0 saturated heterocycles. The van der Waals surface area contributed by atoms with Gasteiger partial charge in [-0.05, 0) is 30.7 Å². The number of para-hydroxylation sites is 2. The van der Waals surface area contributed by atoms with Gasteiger partial charge in [0.2, 0.25) is 0 Å². The third-order valence-corrected chi connectivity index (χ3v) is 4.44. The number of nitrogens with one attached hydrogen (secondary N) is 1. The van der Waals surface area contributed by atoms with Crippen LogP contribution >= 0.6 is 11.3 Å². The van der Waals surface area contributed by atoms with E-state index in [4.69, 9.17) is 4.74 Å². The van der Waals surface area contributed by atoms with E-state index in [9.17, 15) is 4.79 Å². The number of rotatable bonds is 7. The van der Waals surface area contributed by atoms with Gasteiger partial charge in [-0.25, -0.2) is 4.98 Å². The average Bonchev–Trinajstić information content (AvgIpc) is 3.00. The Bertz CT molecular complexity index is 738. The maximum absolute atomic E-state index is 11.7. The SMILES string of the molecule is O=C(COc1ccccc1)NCCCc1nc2ccccc2s1. The Kier molecular flexibility index (Phi) is 5.21. The van der Waals surface area contributed by atoms with Gasteiger partial charge in [0.15, 0.2) is 6.61 Å². The van der Waals surface area contributed by atoms with E-state index < -0.39 is 0 Å². The Morgan fingerprint density at radius 1 is 1.09 bits per heavy atom. The fraction of sp³-hybridized carbons (Fsp3) is 0.222. The van der Waals surface area contributed by atoms with Gasteiger partial charge in [0.25, 0.3) is 5.91 Å². The van der Waals surface area contributed by atoms with Gasteiger partial charge >= 0.3 is 0 Å². The number of hydrogen-bond acceptors (Lipinski definition) is 4. The molecule has 118 valence electrons. The van der Waals surface area contributed by atoms with Crippen molar-refractivity contribution in [2.75, 3.05) is 13.2 Å². The third kappa shape index (κ3) is 4.53. The fourth-order valence-corrected chi connectivity index (χ4v) is 3.22. The highest BCUT2D eigenvalue weighted by Crippen LogP contribution is 2.22. The molecule has 3 rings (SSSR count). The highest BCUT2D eigenvalue weighted by Gasteiger charge is 2.04. The number of hydrogen-bond donors (Lipinski definition) is 1. The van der Waals surface area contributed by atoms with E-state index in [1.54, 1.807) is 11.3 Å². The van der Waals surface area contributed by atoms with Crippen molar-refractivity contribution in [3.63, 3.8) is 0 Å². The van der Waals surface area contributed by atoms with Gasteiger partial charge in [0, 0.05) is 13.0 Å². The van der Waals surface area contributed by atoms with Crippen LogP contribution in [0.3, 0.4) is 0 Å². The first kappa shape index (κ1) is 15.5. The molecule has 0 fully saturated rings. The molecule has 23 heavy (non-hydrogen) atoms. The van der Waals surface area contributed by atoms with Crippen LogP contribution in [0.2, 0.25) is 0 Å². The molecule has 2 aromatic carbocycles. The highest BCUT2D eigenvalue weighted by atomic mass is 32.1. The molecule has 1 heterocycles. The summed E-state index contributed by atoms with van der Waals surface area (Å²) >= 11 is 1.72. The predicted octanol–water partition coefficient (Wildman–Crippen LogP) is 3.42. The maximum atomic E-state index is 11.7. The van der Waals surface area contributed by atoms with E-state index in [0.29, 0.717) is 12.3 Å². The quantitative estimate of drug-likeness (QED) is 0.677. The first-order valence-corrected chi connectivity index (χ1v) is 8.42. The minimum atomic E-state index is -0.0989. The molecule has 1 aromatic heterocycles. The second-order valence-corrected chi connectivity index (χ2v) is 6.25. The summed E-state index contributed by atoms with van der Waals surface area (Å²) < 4.78 is 6.61. The van der Waals surface area contributed by atoms with Crippen LogP contribution in [0.15, 0.2) is 54.6 Å². The van der Waals surface area contributed by atoms with Crippen molar-refractivity contribution in [3.8, 4) is 5.75 Å². The topological polar surface area (TPSA) is 51.2 Å². The number of fused-ring (bicyclic) bond motifs is 1. The first-order chi connectivity index (χ1) is 11.3. The number of carbonyl (C=O) groups is 1. The van der Waals surface area contributed by atoms with Crippen LogP contribution in [0.25, 0.3) is 10.2 Å². The molecular weight excluding hydrogens is 308 g/mol. The van der Waals surface area contributed by atoms with E-state index in [1.807, 2.05) is 48.5 Å². The van der Waals surface area contributed by atoms with Gasteiger partial charge in [-0.15, -0.1) is 11.3 Å². The summed E-state index contributed by atoms with van der Waals surface area (Å²) in [6.07, 6.45) is 1.75. The molecule has 0 aliphatic rings. The third-order valence-electron chi connectivity index (χ3n) is 3.34. The molecule has 0 radical (unpaired) electrons. The molecule has 1 N–H and O–H groups in total. The number of thiazole rings is 1. The largest absolute Gasteiger partial charge is 0.484 e. The van der Waals surface area contributed by atoms with Crippen molar-refractivity contribution in [3.05, 3.63) is 59.6 Å². The van der Waals surface area contributed by atoms with Crippen molar-refractivity contribution >= 4 is 27.5 Å². The van der Waals surface area contributed by atoms with E-state index >= 15 is 0 Å². The zero-order valence-corrected chi connectivity index (χ0v) is 13.5. The minimum absolute atomic E-state index is 0.0468. The van der Waals surface area contributed by atoms with E-state index in [1.165, 1.54) is 4.70 Å². The number of ether oxygens (including phenoxy) is 1. The lowest BCUT2D eigenvalue weighted by molar-refractivity contribution is -0.123. The number of nitrogens with zero attached hydrogens (tertiary/aromatic N) is 1. The van der Waals surface area contributed by atoms with Crippen LogP contribution < -0.4 is 10.1 Å². The van der Waals surface area contributed by atoms with Crippen molar-refractivity contribution < 1.29 is 9.53 Å². The molecule has 0 bridgehead atoms. The van der Waals surface area contributed by atoms with Gasteiger partial charge < -0.3 is 10.1 Å². The molecule has 0 atom stereocenters. The summed E-state index contributed by atoms with van der Waals surface area (Å²) in [6.45, 7) is 0.679. The number of aryl methyl sites for hydroxylation is 1. The summed E-state index contributed by atoms with van der Waals surface area (Å²) in [5.74, 6) is 0.607. The summed E-state index contributed by atoms with van der Waals surface area (Å²) in [6, 6.07) is 17.5. The zero-order valence-electron chi connectivity index (χ0n) is 12.7. The lowest BCUT2D eigenvalue weighted by atomic mass is 10.3. The van der Waals surface area contributed by atoms with Crippen LogP contribution in [0, 0.1) is 0 Å². The van der Waals surface area contributed by atoms with Gasteiger partial charge in [0.05, 0.1) is 15.2 Å². The Morgan fingerprint density at radius 2 is 1.87 bits per heavy atom. The lowest BCUT2D eigenvalue weighted by Gasteiger charge is -2.06. The van der Waals surface area contributed by atoms with Crippen molar-refractivity contribution in [2.45, 2.75) is 12.8 Å². The van der Waals surface area contributed by atoms with Crippen molar-refractivity contribution in [2.24, 2.45) is 0 Å². The Morgan fingerprint density at radius 3 is 2.70 bits per heavy atom. The van der Waals surface area contributed by atoms with Crippen LogP contribution in [0.1, 0.15) is 11.4 Å². The van der Waals surface area contributed by atoms with E-state index in [2.05, 4.69) is 16.4 Å². The molecule has 0 saturated carbocycles. The van der Waals surface area contributed by atoms with Crippen LogP contribution in [0.4, 0.5) is 0 Å². The van der Waals surface area contributed by atoms with Gasteiger partial charge in [0.1, 0.15) is 5.75 Å². The summed E-state index contributed by atoms with van der Waals surface area (Å²) in [5.41, 5.74) is 1.05. The Balaban J connectivity index is 1.37. The molecular formula is C18H18N2O2S. The molecule has 3 aromatic rings. The maximum Gasteiger partial charge on any atom is 0.257 e. The van der Waals surface area contributed by atoms with Gasteiger partial charge in [-0.3, -0.25) is 4.79 Å². The summed E-state index contributed by atoms with van der Waals surface area (Å²) in [4.78, 5) is 16.3. The second kappa shape index (κ2) is 7.74. The predicted molar refractivity (Wildman–Crippen MR) is 92.9 cm³/mol. The van der Waals surface area contributed by atoms with Crippen LogP contribution in [-0.4, -0.2) is 24.0 Å². The zero-order chi connectivity index (χ0) is 15.9. The molecule has 0 aliphatic carbocycles. The molecule has 5 heteroatoms. The molecule has 0 aliphatic heterocycles. The molecule has 1 amide bonds. The van der Waals surface area contributed by atoms with E-state index in [0.717, 1.165) is 23.4 Å². The molecule has 4 nitrogen and oxygen atoms in total. The smallest absolute Gasteiger partial charge is 0.257 e. The number of amides is 1. The van der Waals surface area contributed by atoms with Crippen LogP contribution in [0.5, 0.6) is 5.75 Å². The first-order valence-electron chi connectivity index (χ1n) is 7.60. The van der Waals surface area contributed by atoms with Crippen molar-refractivity contribution in [1.29, 1.82) is 0 Å². The second-order valence-electron chi connectivity index (χ2n) is 5.13. The van der Waals surface area contributed by atoms with E-state index in [-0.39, 0.29) is 12.5 Å². The average molecular weight is 326 g/mol.